The highest BCUT2D eigenvalue weighted by Gasteiger charge is 2.26. The summed E-state index contributed by atoms with van der Waals surface area (Å²) in [5.41, 5.74) is 2.48. The summed E-state index contributed by atoms with van der Waals surface area (Å²) < 4.78 is 6.00. The molecule has 0 saturated heterocycles. The number of para-hydroxylation sites is 1. The number of benzene rings is 2. The van der Waals surface area contributed by atoms with Gasteiger partial charge in [-0.15, -0.1) is 11.6 Å². The Kier molecular flexibility index (Phi) is 4.18. The molecule has 2 aromatic carbocycles. The van der Waals surface area contributed by atoms with Crippen LogP contribution < -0.4 is 4.74 Å². The summed E-state index contributed by atoms with van der Waals surface area (Å²) in [7, 11) is 0. The van der Waals surface area contributed by atoms with Crippen molar-refractivity contribution in [1.29, 1.82) is 0 Å². The topological polar surface area (TPSA) is 9.23 Å². The van der Waals surface area contributed by atoms with E-state index in [1.807, 2.05) is 30.3 Å². The van der Waals surface area contributed by atoms with Crippen molar-refractivity contribution in [2.75, 3.05) is 5.88 Å². The van der Waals surface area contributed by atoms with Crippen molar-refractivity contribution in [2.45, 2.75) is 24.9 Å². The van der Waals surface area contributed by atoms with Gasteiger partial charge in [-0.05, 0) is 35.7 Å². The fourth-order valence-electron chi connectivity index (χ4n) is 2.75. The van der Waals surface area contributed by atoms with E-state index >= 15 is 0 Å². The van der Waals surface area contributed by atoms with Crippen molar-refractivity contribution < 1.29 is 4.74 Å². The molecule has 1 aliphatic rings. The largest absolute Gasteiger partial charge is 0.490 e. The van der Waals surface area contributed by atoms with E-state index in [2.05, 4.69) is 18.2 Å². The fourth-order valence-corrected chi connectivity index (χ4v) is 3.25. The molecule has 3 rings (SSSR count). The lowest BCUT2D eigenvalue weighted by Crippen LogP contribution is -2.18. The molecule has 0 spiro atoms. The zero-order chi connectivity index (χ0) is 13.9. The number of rotatable bonds is 4. The van der Waals surface area contributed by atoms with Crippen molar-refractivity contribution in [2.24, 2.45) is 0 Å². The van der Waals surface area contributed by atoms with Gasteiger partial charge in [-0.25, -0.2) is 0 Å². The van der Waals surface area contributed by atoms with Gasteiger partial charge in [-0.1, -0.05) is 41.9 Å². The Labute approximate surface area is 129 Å². The molecule has 2 atom stereocenters. The molecule has 1 aliphatic heterocycles. The molecule has 104 valence electrons. The first-order chi connectivity index (χ1) is 9.76. The Balaban J connectivity index is 1.71. The van der Waals surface area contributed by atoms with Crippen molar-refractivity contribution in [3.05, 3.63) is 64.7 Å². The first kappa shape index (κ1) is 13.8. The average Bonchev–Trinajstić information content (AvgIpc) is 2.87. The van der Waals surface area contributed by atoms with Gasteiger partial charge in [0.15, 0.2) is 0 Å². The molecule has 2 aromatic rings. The van der Waals surface area contributed by atoms with Crippen LogP contribution in [-0.2, 0) is 6.42 Å². The van der Waals surface area contributed by atoms with Gasteiger partial charge in [-0.2, -0.15) is 0 Å². The van der Waals surface area contributed by atoms with E-state index in [1.54, 1.807) is 0 Å². The molecule has 20 heavy (non-hydrogen) atoms. The van der Waals surface area contributed by atoms with Crippen LogP contribution in [0.15, 0.2) is 48.5 Å². The summed E-state index contributed by atoms with van der Waals surface area (Å²) in [5.74, 6) is 1.86. The number of hydrogen-bond acceptors (Lipinski definition) is 1. The number of alkyl halides is 1. The van der Waals surface area contributed by atoms with Crippen LogP contribution in [0.5, 0.6) is 5.75 Å². The normalized spacial score (nSPS) is 18.4. The van der Waals surface area contributed by atoms with Gasteiger partial charge in [0.1, 0.15) is 11.9 Å². The van der Waals surface area contributed by atoms with Gasteiger partial charge >= 0.3 is 0 Å². The Morgan fingerprint density at radius 3 is 2.75 bits per heavy atom. The second-order valence-electron chi connectivity index (χ2n) is 5.19. The maximum absolute atomic E-state index is 6.15. The van der Waals surface area contributed by atoms with Crippen molar-refractivity contribution in [1.82, 2.24) is 0 Å². The molecule has 0 fully saturated rings. The predicted molar refractivity (Wildman–Crippen MR) is 84.1 cm³/mol. The standard InChI is InChI=1S/C17H16Cl2O/c18-11-14(12-5-3-6-15(19)8-12)10-16-9-13-4-1-2-7-17(13)20-16/h1-8,14,16H,9-11H2. The number of fused-ring (bicyclic) bond motifs is 1. The fraction of sp³-hybridized carbons (Fsp3) is 0.294. The summed E-state index contributed by atoms with van der Waals surface area (Å²) in [6.07, 6.45) is 2.08. The second kappa shape index (κ2) is 6.07. The molecule has 0 radical (unpaired) electrons. The van der Waals surface area contributed by atoms with Gasteiger partial charge in [0.2, 0.25) is 0 Å². The third-order valence-corrected chi connectivity index (χ3v) is 4.38. The smallest absolute Gasteiger partial charge is 0.123 e. The minimum atomic E-state index is 0.204. The highest BCUT2D eigenvalue weighted by Crippen LogP contribution is 2.34. The first-order valence-corrected chi connectivity index (χ1v) is 7.73. The van der Waals surface area contributed by atoms with Gasteiger partial charge in [-0.3, -0.25) is 0 Å². The van der Waals surface area contributed by atoms with E-state index in [1.165, 1.54) is 11.1 Å². The second-order valence-corrected chi connectivity index (χ2v) is 5.94. The minimum Gasteiger partial charge on any atom is -0.490 e. The third-order valence-electron chi connectivity index (χ3n) is 3.77. The van der Waals surface area contributed by atoms with Crippen LogP contribution >= 0.6 is 23.2 Å². The molecular formula is C17H16Cl2O. The number of ether oxygens (including phenoxy) is 1. The summed E-state index contributed by atoms with van der Waals surface area (Å²) in [5, 5.41) is 0.758. The van der Waals surface area contributed by atoms with Crippen LogP contribution in [0.4, 0.5) is 0 Å². The highest BCUT2D eigenvalue weighted by molar-refractivity contribution is 6.30. The minimum absolute atomic E-state index is 0.204. The first-order valence-electron chi connectivity index (χ1n) is 6.82. The van der Waals surface area contributed by atoms with E-state index in [-0.39, 0.29) is 12.0 Å². The van der Waals surface area contributed by atoms with Gasteiger partial charge < -0.3 is 4.74 Å². The van der Waals surface area contributed by atoms with Crippen molar-refractivity contribution in [3.63, 3.8) is 0 Å². The molecule has 0 amide bonds. The SMILES string of the molecule is ClCC(CC1Cc2ccccc2O1)c1cccc(Cl)c1. The van der Waals surface area contributed by atoms with Gasteiger partial charge in [0.05, 0.1) is 0 Å². The molecule has 1 heterocycles. The molecule has 0 saturated carbocycles. The zero-order valence-electron chi connectivity index (χ0n) is 11.1. The monoisotopic (exact) mass is 306 g/mol. The van der Waals surface area contributed by atoms with Crippen LogP contribution in [0.2, 0.25) is 5.02 Å². The average molecular weight is 307 g/mol. The van der Waals surface area contributed by atoms with Crippen LogP contribution in [0, 0.1) is 0 Å². The molecule has 0 bridgehead atoms. The summed E-state index contributed by atoms with van der Waals surface area (Å²) in [4.78, 5) is 0. The summed E-state index contributed by atoms with van der Waals surface area (Å²) in [6.45, 7) is 0. The number of halogens is 2. The van der Waals surface area contributed by atoms with E-state index in [9.17, 15) is 0 Å². The third kappa shape index (κ3) is 2.94. The van der Waals surface area contributed by atoms with E-state index < -0.39 is 0 Å². The lowest BCUT2D eigenvalue weighted by atomic mass is 9.93. The van der Waals surface area contributed by atoms with Crippen LogP contribution in [0.1, 0.15) is 23.5 Å². The van der Waals surface area contributed by atoms with Crippen molar-refractivity contribution >= 4 is 23.2 Å². The molecule has 0 N–H and O–H groups in total. The lowest BCUT2D eigenvalue weighted by molar-refractivity contribution is 0.213. The quantitative estimate of drug-likeness (QED) is 0.718. The Bertz CT molecular complexity index is 572. The molecule has 1 nitrogen and oxygen atoms in total. The molecule has 0 aromatic heterocycles. The predicted octanol–water partition coefficient (Wildman–Crippen LogP) is 5.06. The van der Waals surface area contributed by atoms with Crippen molar-refractivity contribution in [3.8, 4) is 5.75 Å². The zero-order valence-corrected chi connectivity index (χ0v) is 12.6. The van der Waals surface area contributed by atoms with Gasteiger partial charge in [0, 0.05) is 23.2 Å². The van der Waals surface area contributed by atoms with E-state index in [0.29, 0.717) is 5.88 Å². The molecule has 2 unspecified atom stereocenters. The van der Waals surface area contributed by atoms with E-state index in [4.69, 9.17) is 27.9 Å². The molecular weight excluding hydrogens is 291 g/mol. The highest BCUT2D eigenvalue weighted by atomic mass is 35.5. The Morgan fingerprint density at radius 1 is 1.15 bits per heavy atom. The summed E-state index contributed by atoms with van der Waals surface area (Å²) in [6, 6.07) is 16.2. The molecule has 0 aliphatic carbocycles. The summed E-state index contributed by atoms with van der Waals surface area (Å²) >= 11 is 12.2. The van der Waals surface area contributed by atoms with Crippen LogP contribution in [-0.4, -0.2) is 12.0 Å². The maximum atomic E-state index is 6.15. The molecule has 3 heteroatoms. The Morgan fingerprint density at radius 2 is 2.00 bits per heavy atom. The maximum Gasteiger partial charge on any atom is 0.123 e. The van der Waals surface area contributed by atoms with E-state index in [0.717, 1.165) is 23.6 Å². The van der Waals surface area contributed by atoms with Crippen LogP contribution in [0.25, 0.3) is 0 Å². The number of hydrogen-bond donors (Lipinski definition) is 0. The lowest BCUT2D eigenvalue weighted by Gasteiger charge is -2.19. The Hall–Kier alpha value is -1.18. The van der Waals surface area contributed by atoms with Crippen LogP contribution in [0.3, 0.4) is 0 Å². The van der Waals surface area contributed by atoms with Gasteiger partial charge in [0.25, 0.3) is 0 Å².